The third kappa shape index (κ3) is 2.43. The first-order valence-corrected chi connectivity index (χ1v) is 7.17. The minimum Gasteiger partial charge on any atom is -0.351 e. The molecule has 1 aliphatic heterocycles. The van der Waals surface area contributed by atoms with Crippen LogP contribution in [0.4, 0.5) is 5.69 Å². The van der Waals surface area contributed by atoms with E-state index >= 15 is 0 Å². The van der Waals surface area contributed by atoms with Gasteiger partial charge in [0, 0.05) is 24.5 Å². The van der Waals surface area contributed by atoms with Gasteiger partial charge in [0.25, 0.3) is 0 Å². The Morgan fingerprint density at radius 2 is 1.95 bits per heavy atom. The molecule has 0 N–H and O–H groups in total. The SMILES string of the molecule is C=C1/C=C\C=C/N(C)c2cc3c(cc21)C=C3/C=C\C=C/C. The molecule has 0 aromatic heterocycles. The lowest BCUT2D eigenvalue weighted by Crippen LogP contribution is -2.13. The van der Waals surface area contributed by atoms with E-state index in [9.17, 15) is 0 Å². The van der Waals surface area contributed by atoms with Gasteiger partial charge in [0.2, 0.25) is 0 Å². The summed E-state index contributed by atoms with van der Waals surface area (Å²) in [5, 5.41) is 0. The Kier molecular flexibility index (Phi) is 3.49. The molecule has 21 heavy (non-hydrogen) atoms. The zero-order valence-electron chi connectivity index (χ0n) is 12.5. The summed E-state index contributed by atoms with van der Waals surface area (Å²) in [5.74, 6) is 0. The molecule has 0 fully saturated rings. The van der Waals surface area contributed by atoms with Crippen LogP contribution < -0.4 is 4.90 Å². The van der Waals surface area contributed by atoms with Crippen LogP contribution in [-0.4, -0.2) is 7.05 Å². The van der Waals surface area contributed by atoms with E-state index in [-0.39, 0.29) is 0 Å². The second kappa shape index (κ2) is 5.45. The molecule has 0 spiro atoms. The molecule has 104 valence electrons. The van der Waals surface area contributed by atoms with E-state index < -0.39 is 0 Å². The van der Waals surface area contributed by atoms with Crippen LogP contribution in [-0.2, 0) is 0 Å². The van der Waals surface area contributed by atoms with E-state index in [2.05, 4.69) is 61.2 Å². The molecule has 0 atom stereocenters. The predicted molar refractivity (Wildman–Crippen MR) is 94.0 cm³/mol. The van der Waals surface area contributed by atoms with E-state index in [1.54, 1.807) is 0 Å². The van der Waals surface area contributed by atoms with E-state index in [0.29, 0.717) is 0 Å². The molecule has 0 saturated heterocycles. The first-order chi connectivity index (χ1) is 10.2. The summed E-state index contributed by atoms with van der Waals surface area (Å²) >= 11 is 0. The van der Waals surface area contributed by atoms with Crippen LogP contribution in [0.5, 0.6) is 0 Å². The lowest BCUT2D eigenvalue weighted by molar-refractivity contribution is 1.19. The van der Waals surface area contributed by atoms with Crippen LogP contribution in [0.3, 0.4) is 0 Å². The Morgan fingerprint density at radius 3 is 2.76 bits per heavy atom. The van der Waals surface area contributed by atoms with E-state index in [4.69, 9.17) is 0 Å². The van der Waals surface area contributed by atoms with Gasteiger partial charge in [-0.05, 0) is 53.5 Å². The molecule has 0 amide bonds. The van der Waals surface area contributed by atoms with Crippen molar-refractivity contribution in [2.45, 2.75) is 6.92 Å². The average molecular weight is 273 g/mol. The number of fused-ring (bicyclic) bond motifs is 2. The monoisotopic (exact) mass is 273 g/mol. The van der Waals surface area contributed by atoms with Gasteiger partial charge in [-0.25, -0.2) is 0 Å². The molecule has 0 saturated carbocycles. The quantitative estimate of drug-likeness (QED) is 0.669. The highest BCUT2D eigenvalue weighted by Crippen LogP contribution is 2.40. The van der Waals surface area contributed by atoms with Gasteiger partial charge in [-0.15, -0.1) is 0 Å². The lowest BCUT2D eigenvalue weighted by Gasteiger charge is -2.26. The number of rotatable bonds is 2. The standard InChI is InChI=1S/C20H19N/c1-4-5-6-10-16-12-17-13-18-15(2)9-7-8-11-21(3)20(18)14-19(16)17/h4-14H,2H2,1,3H3/b5-4-,9-7-,10-6-,11-8-. The van der Waals surface area contributed by atoms with Crippen LogP contribution in [0, 0.1) is 0 Å². The summed E-state index contributed by atoms with van der Waals surface area (Å²) in [4.78, 5) is 2.15. The number of anilines is 1. The zero-order chi connectivity index (χ0) is 14.8. The first-order valence-electron chi connectivity index (χ1n) is 7.17. The van der Waals surface area contributed by atoms with E-state index in [1.165, 1.54) is 28.0 Å². The van der Waals surface area contributed by atoms with Crippen molar-refractivity contribution in [3.05, 3.63) is 84.1 Å². The van der Waals surface area contributed by atoms with Crippen molar-refractivity contribution in [1.29, 1.82) is 0 Å². The fourth-order valence-electron chi connectivity index (χ4n) is 2.62. The second-order valence-electron chi connectivity index (χ2n) is 5.28. The maximum Gasteiger partial charge on any atom is 0.0489 e. The van der Waals surface area contributed by atoms with Gasteiger partial charge in [-0.1, -0.05) is 43.0 Å². The van der Waals surface area contributed by atoms with Crippen LogP contribution in [0.2, 0.25) is 0 Å². The van der Waals surface area contributed by atoms with Crippen molar-refractivity contribution in [3.8, 4) is 0 Å². The highest BCUT2D eigenvalue weighted by atomic mass is 15.1. The van der Waals surface area contributed by atoms with Crippen molar-refractivity contribution >= 4 is 22.9 Å². The van der Waals surface area contributed by atoms with E-state index in [1.807, 2.05) is 31.2 Å². The van der Waals surface area contributed by atoms with Gasteiger partial charge in [0.05, 0.1) is 0 Å². The average Bonchev–Trinajstić information content (AvgIpc) is 2.46. The van der Waals surface area contributed by atoms with Gasteiger partial charge >= 0.3 is 0 Å². The molecule has 1 aliphatic carbocycles. The minimum atomic E-state index is 1.05. The highest BCUT2D eigenvalue weighted by Gasteiger charge is 2.19. The van der Waals surface area contributed by atoms with Crippen molar-refractivity contribution in [2.75, 3.05) is 11.9 Å². The topological polar surface area (TPSA) is 3.24 Å². The summed E-state index contributed by atoms with van der Waals surface area (Å²) in [6.45, 7) is 6.20. The zero-order valence-corrected chi connectivity index (χ0v) is 12.5. The first kappa shape index (κ1) is 13.4. The van der Waals surface area contributed by atoms with Crippen molar-refractivity contribution in [3.63, 3.8) is 0 Å². The molecule has 1 aromatic carbocycles. The van der Waals surface area contributed by atoms with Crippen molar-refractivity contribution in [2.24, 2.45) is 0 Å². The molecule has 0 unspecified atom stereocenters. The Hall–Kier alpha value is -2.54. The van der Waals surface area contributed by atoms with Crippen LogP contribution >= 0.6 is 0 Å². The van der Waals surface area contributed by atoms with Crippen LogP contribution in [0.25, 0.3) is 17.2 Å². The number of nitrogens with zero attached hydrogens (tertiary/aromatic N) is 1. The van der Waals surface area contributed by atoms with Gasteiger partial charge in [-0.3, -0.25) is 0 Å². The van der Waals surface area contributed by atoms with Gasteiger partial charge in [0.15, 0.2) is 0 Å². The van der Waals surface area contributed by atoms with Gasteiger partial charge in [-0.2, -0.15) is 0 Å². The number of hydrogen-bond donors (Lipinski definition) is 0. The summed E-state index contributed by atoms with van der Waals surface area (Å²) in [7, 11) is 2.08. The molecular weight excluding hydrogens is 254 g/mol. The predicted octanol–water partition coefficient (Wildman–Crippen LogP) is 5.21. The highest BCUT2D eigenvalue weighted by molar-refractivity contribution is 6.03. The molecule has 0 bridgehead atoms. The normalized spacial score (nSPS) is 19.6. The van der Waals surface area contributed by atoms with Crippen LogP contribution in [0.1, 0.15) is 23.6 Å². The van der Waals surface area contributed by atoms with Gasteiger partial charge < -0.3 is 4.90 Å². The Bertz CT molecular complexity index is 739. The number of benzene rings is 1. The number of allylic oxidation sites excluding steroid dienone is 9. The van der Waals surface area contributed by atoms with E-state index in [0.717, 1.165) is 5.57 Å². The minimum absolute atomic E-state index is 1.05. The van der Waals surface area contributed by atoms with Crippen molar-refractivity contribution in [1.82, 2.24) is 0 Å². The fourth-order valence-corrected chi connectivity index (χ4v) is 2.62. The molecule has 3 rings (SSSR count). The molecular formula is C20H19N. The largest absolute Gasteiger partial charge is 0.351 e. The molecule has 1 aromatic rings. The lowest BCUT2D eigenvalue weighted by atomic mass is 9.84. The van der Waals surface area contributed by atoms with Crippen molar-refractivity contribution < 1.29 is 0 Å². The number of hydrogen-bond acceptors (Lipinski definition) is 1. The third-order valence-electron chi connectivity index (χ3n) is 3.81. The Labute approximate surface area is 126 Å². The second-order valence-corrected chi connectivity index (χ2v) is 5.28. The maximum atomic E-state index is 4.18. The summed E-state index contributed by atoms with van der Waals surface area (Å²) in [5.41, 5.74) is 7.34. The Morgan fingerprint density at radius 1 is 1.10 bits per heavy atom. The summed E-state index contributed by atoms with van der Waals surface area (Å²) in [6.07, 6.45) is 18.7. The fraction of sp³-hybridized carbons (Fsp3) is 0.100. The van der Waals surface area contributed by atoms with Crippen LogP contribution in [0.15, 0.2) is 67.4 Å². The molecule has 1 heteroatoms. The molecule has 0 radical (unpaired) electrons. The molecule has 1 nitrogen and oxygen atoms in total. The maximum absolute atomic E-state index is 4.18. The molecule has 1 heterocycles. The summed E-state index contributed by atoms with van der Waals surface area (Å²) in [6, 6.07) is 4.49. The smallest absolute Gasteiger partial charge is 0.0489 e. The van der Waals surface area contributed by atoms with Gasteiger partial charge in [0.1, 0.15) is 0 Å². The third-order valence-corrected chi connectivity index (χ3v) is 3.81. The molecule has 2 aliphatic rings. The Balaban J connectivity index is 2.03. The summed E-state index contributed by atoms with van der Waals surface area (Å²) < 4.78 is 0.